The topological polar surface area (TPSA) is 76.9 Å². The smallest absolute Gasteiger partial charge is 0.231 e. The van der Waals surface area contributed by atoms with Crippen molar-refractivity contribution < 1.29 is 19.3 Å². The average Bonchev–Trinajstić information content (AvgIpc) is 3.28. The summed E-state index contributed by atoms with van der Waals surface area (Å²) in [6.45, 7) is 4.09. The van der Waals surface area contributed by atoms with Gasteiger partial charge in [-0.1, -0.05) is 0 Å². The first-order valence-electron chi connectivity index (χ1n) is 9.43. The lowest BCUT2D eigenvalue weighted by Crippen LogP contribution is -2.42. The van der Waals surface area contributed by atoms with E-state index in [4.69, 9.17) is 14.2 Å². The highest BCUT2D eigenvalue weighted by Crippen LogP contribution is 2.40. The first-order chi connectivity index (χ1) is 13.2. The molecular weight excluding hydrogens is 346 g/mol. The monoisotopic (exact) mass is 369 g/mol. The molecule has 0 amide bonds. The van der Waals surface area contributed by atoms with Crippen molar-refractivity contribution in [2.45, 2.75) is 32.0 Å². The summed E-state index contributed by atoms with van der Waals surface area (Å²) in [6, 6.07) is 7.58. The number of aromatic nitrogens is 2. The number of hydrogen-bond donors (Lipinski definition) is 1. The Morgan fingerprint density at radius 3 is 2.74 bits per heavy atom. The summed E-state index contributed by atoms with van der Waals surface area (Å²) in [6.07, 6.45) is 2.52. The molecule has 0 radical (unpaired) electrons. The van der Waals surface area contributed by atoms with Gasteiger partial charge in [-0.3, -0.25) is 0 Å². The van der Waals surface area contributed by atoms with Crippen LogP contribution in [-0.4, -0.2) is 47.2 Å². The van der Waals surface area contributed by atoms with E-state index in [2.05, 4.69) is 14.9 Å². The summed E-state index contributed by atoms with van der Waals surface area (Å²) >= 11 is 0. The van der Waals surface area contributed by atoms with Crippen molar-refractivity contribution in [2.24, 2.45) is 11.8 Å². The fraction of sp³-hybridized carbons (Fsp3) is 0.500. The molecule has 142 valence electrons. The van der Waals surface area contributed by atoms with Gasteiger partial charge in [0.2, 0.25) is 6.79 Å². The Labute approximate surface area is 157 Å². The van der Waals surface area contributed by atoms with Crippen molar-refractivity contribution in [3.63, 3.8) is 0 Å². The van der Waals surface area contributed by atoms with Gasteiger partial charge in [-0.2, -0.15) is 0 Å². The van der Waals surface area contributed by atoms with Gasteiger partial charge in [0.15, 0.2) is 11.5 Å². The average molecular weight is 369 g/mol. The molecular formula is C20H23N3O4. The highest BCUT2D eigenvalue weighted by atomic mass is 16.7. The Balaban J connectivity index is 1.28. The molecule has 1 aliphatic carbocycles. The van der Waals surface area contributed by atoms with Crippen LogP contribution >= 0.6 is 0 Å². The zero-order valence-corrected chi connectivity index (χ0v) is 15.2. The SMILES string of the molecule is Cc1cc(N2C[C@H]3C[C@@H](Oc4ccc5c(c4)OCO5)[C@H](O)C[C@H]3C2)ncn1. The second-order valence-electron chi connectivity index (χ2n) is 7.65. The second kappa shape index (κ2) is 6.56. The number of benzene rings is 1. The van der Waals surface area contributed by atoms with Crippen LogP contribution in [0.25, 0.3) is 0 Å². The molecule has 7 nitrogen and oxygen atoms in total. The van der Waals surface area contributed by atoms with Gasteiger partial charge in [-0.25, -0.2) is 9.97 Å². The molecule has 3 aliphatic rings. The van der Waals surface area contributed by atoms with Gasteiger partial charge in [-0.05, 0) is 43.7 Å². The molecule has 1 N–H and O–H groups in total. The molecule has 5 rings (SSSR count). The summed E-state index contributed by atoms with van der Waals surface area (Å²) in [5.74, 6) is 4.07. The summed E-state index contributed by atoms with van der Waals surface area (Å²) in [4.78, 5) is 10.9. The third-order valence-corrected chi connectivity index (χ3v) is 5.83. The van der Waals surface area contributed by atoms with Crippen molar-refractivity contribution in [2.75, 3.05) is 24.8 Å². The first kappa shape index (κ1) is 16.6. The van der Waals surface area contributed by atoms with E-state index in [1.54, 1.807) is 6.33 Å². The Hall–Kier alpha value is -2.54. The third kappa shape index (κ3) is 3.16. The number of hydrogen-bond acceptors (Lipinski definition) is 7. The van der Waals surface area contributed by atoms with Crippen molar-refractivity contribution in [3.05, 3.63) is 36.3 Å². The van der Waals surface area contributed by atoms with E-state index in [1.807, 2.05) is 31.2 Å². The Morgan fingerprint density at radius 2 is 1.89 bits per heavy atom. The maximum absolute atomic E-state index is 10.6. The van der Waals surface area contributed by atoms with E-state index in [-0.39, 0.29) is 12.9 Å². The van der Waals surface area contributed by atoms with Crippen LogP contribution in [0.5, 0.6) is 17.2 Å². The van der Waals surface area contributed by atoms with E-state index in [9.17, 15) is 5.11 Å². The Kier molecular flexibility index (Phi) is 4.04. The molecule has 1 aromatic heterocycles. The highest BCUT2D eigenvalue weighted by molar-refractivity contribution is 5.47. The molecule has 27 heavy (non-hydrogen) atoms. The van der Waals surface area contributed by atoms with E-state index in [0.717, 1.165) is 43.2 Å². The molecule has 7 heteroatoms. The van der Waals surface area contributed by atoms with Gasteiger partial charge in [0.1, 0.15) is 24.0 Å². The van der Waals surface area contributed by atoms with Gasteiger partial charge < -0.3 is 24.2 Å². The standard InChI is InChI=1S/C20H23N3O4/c1-12-4-20(22-10-21-12)23-8-13-5-16(24)18(6-14(13)9-23)27-15-2-3-17-19(7-15)26-11-25-17/h2-4,7,10,13-14,16,18,24H,5-6,8-9,11H2,1H3/t13-,14+,16+,18+/m0/s1. The quantitative estimate of drug-likeness (QED) is 0.888. The molecule has 0 unspecified atom stereocenters. The van der Waals surface area contributed by atoms with Crippen LogP contribution in [0.1, 0.15) is 18.5 Å². The Morgan fingerprint density at radius 1 is 1.07 bits per heavy atom. The molecule has 2 aliphatic heterocycles. The molecule has 0 bridgehead atoms. The van der Waals surface area contributed by atoms with E-state index in [1.165, 1.54) is 0 Å². The normalized spacial score (nSPS) is 28.9. The van der Waals surface area contributed by atoms with Gasteiger partial charge in [-0.15, -0.1) is 0 Å². The highest BCUT2D eigenvalue weighted by Gasteiger charge is 2.43. The predicted octanol–water partition coefficient (Wildman–Crippen LogP) is 2.17. The number of aliphatic hydroxyl groups is 1. The molecule has 0 spiro atoms. The minimum absolute atomic E-state index is 0.210. The zero-order valence-electron chi connectivity index (χ0n) is 15.2. The second-order valence-corrected chi connectivity index (χ2v) is 7.65. The number of fused-ring (bicyclic) bond motifs is 2. The van der Waals surface area contributed by atoms with Gasteiger partial charge in [0.05, 0.1) is 6.10 Å². The van der Waals surface area contributed by atoms with Crippen LogP contribution in [0.15, 0.2) is 30.6 Å². The van der Waals surface area contributed by atoms with Crippen LogP contribution in [0, 0.1) is 18.8 Å². The number of aliphatic hydroxyl groups excluding tert-OH is 1. The van der Waals surface area contributed by atoms with Gasteiger partial charge in [0.25, 0.3) is 0 Å². The summed E-state index contributed by atoms with van der Waals surface area (Å²) in [5.41, 5.74) is 0.971. The molecule has 1 saturated heterocycles. The largest absolute Gasteiger partial charge is 0.488 e. The van der Waals surface area contributed by atoms with Crippen LogP contribution in [0.2, 0.25) is 0 Å². The van der Waals surface area contributed by atoms with E-state index in [0.29, 0.717) is 23.3 Å². The van der Waals surface area contributed by atoms with Crippen molar-refractivity contribution in [3.8, 4) is 17.2 Å². The molecule has 1 aromatic carbocycles. The Bertz CT molecular complexity index is 846. The van der Waals surface area contributed by atoms with Crippen molar-refractivity contribution in [1.82, 2.24) is 9.97 Å². The third-order valence-electron chi connectivity index (χ3n) is 5.83. The maximum Gasteiger partial charge on any atom is 0.231 e. The fourth-order valence-electron chi connectivity index (χ4n) is 4.44. The van der Waals surface area contributed by atoms with Crippen LogP contribution < -0.4 is 19.1 Å². The van der Waals surface area contributed by atoms with E-state index >= 15 is 0 Å². The fourth-order valence-corrected chi connectivity index (χ4v) is 4.44. The summed E-state index contributed by atoms with van der Waals surface area (Å²) in [7, 11) is 0. The minimum Gasteiger partial charge on any atom is -0.488 e. The van der Waals surface area contributed by atoms with Crippen molar-refractivity contribution >= 4 is 5.82 Å². The van der Waals surface area contributed by atoms with Crippen molar-refractivity contribution in [1.29, 1.82) is 0 Å². The van der Waals surface area contributed by atoms with Crippen LogP contribution in [0.3, 0.4) is 0 Å². The maximum atomic E-state index is 10.6. The molecule has 4 atom stereocenters. The number of anilines is 1. The van der Waals surface area contributed by atoms with Gasteiger partial charge >= 0.3 is 0 Å². The lowest BCUT2D eigenvalue weighted by Gasteiger charge is -2.35. The number of ether oxygens (including phenoxy) is 3. The molecule has 2 fully saturated rings. The molecule has 2 aromatic rings. The first-order valence-corrected chi connectivity index (χ1v) is 9.43. The number of rotatable bonds is 3. The summed E-state index contributed by atoms with van der Waals surface area (Å²) < 4.78 is 16.9. The summed E-state index contributed by atoms with van der Waals surface area (Å²) in [5, 5.41) is 10.6. The molecule has 1 saturated carbocycles. The number of nitrogens with zero attached hydrogens (tertiary/aromatic N) is 3. The zero-order chi connectivity index (χ0) is 18.4. The van der Waals surface area contributed by atoms with Crippen LogP contribution in [-0.2, 0) is 0 Å². The lowest BCUT2D eigenvalue weighted by molar-refractivity contribution is -0.0232. The van der Waals surface area contributed by atoms with Crippen LogP contribution in [0.4, 0.5) is 5.82 Å². The lowest BCUT2D eigenvalue weighted by atomic mass is 9.78. The molecule has 3 heterocycles. The van der Waals surface area contributed by atoms with E-state index < -0.39 is 6.10 Å². The minimum atomic E-state index is -0.469. The number of aryl methyl sites for hydroxylation is 1. The predicted molar refractivity (Wildman–Crippen MR) is 98.2 cm³/mol. The van der Waals surface area contributed by atoms with Gasteiger partial charge in [0, 0.05) is 30.9 Å².